The zero-order valence-corrected chi connectivity index (χ0v) is 15.1. The van der Waals surface area contributed by atoms with Crippen molar-refractivity contribution in [2.24, 2.45) is 0 Å². The monoisotopic (exact) mass is 393 g/mol. The van der Waals surface area contributed by atoms with E-state index in [4.69, 9.17) is 4.74 Å². The molecule has 0 radical (unpaired) electrons. The third-order valence-corrected chi connectivity index (χ3v) is 4.29. The number of carboxylic acid groups (broad SMARTS) is 1. The molecule has 1 fully saturated rings. The molecular formula is C19H23NO8. The van der Waals surface area contributed by atoms with Gasteiger partial charge in [0.2, 0.25) is 5.91 Å². The number of rotatable bonds is 5. The van der Waals surface area contributed by atoms with Crippen LogP contribution in [0.25, 0.3) is 0 Å². The fourth-order valence-electron chi connectivity index (χ4n) is 2.83. The summed E-state index contributed by atoms with van der Waals surface area (Å²) in [6.45, 7) is 0.691. The van der Waals surface area contributed by atoms with E-state index in [0.29, 0.717) is 11.1 Å². The van der Waals surface area contributed by atoms with Crippen molar-refractivity contribution in [3.63, 3.8) is 0 Å². The Morgan fingerprint density at radius 3 is 2.54 bits per heavy atom. The number of amides is 1. The van der Waals surface area contributed by atoms with Gasteiger partial charge in [-0.1, -0.05) is 24.0 Å². The number of nitrogens with one attached hydrogen (secondary N) is 1. The molecular weight excluding hydrogens is 370 g/mol. The lowest BCUT2D eigenvalue weighted by Crippen LogP contribution is -2.58. The Morgan fingerprint density at radius 2 is 1.93 bits per heavy atom. The second-order valence-corrected chi connectivity index (χ2v) is 6.51. The molecule has 28 heavy (non-hydrogen) atoms. The number of ether oxygens (including phenoxy) is 1. The number of benzene rings is 1. The molecule has 152 valence electrons. The van der Waals surface area contributed by atoms with Gasteiger partial charge in [0.1, 0.15) is 36.6 Å². The van der Waals surface area contributed by atoms with Gasteiger partial charge >= 0.3 is 5.97 Å². The quantitative estimate of drug-likeness (QED) is 0.314. The number of aliphatic hydroxyl groups is 4. The standard InChI is InChI=1S/C19H23NO8/c1-10(22)20-13(19(26)27)8-12-4-2-3-11(7-12)5-6-14-16(23)18(25)17(24)15(9-21)28-14/h2-4,7,13-18,21,23-25H,8-9H2,1H3,(H,20,22)(H,26,27)/t13-,14+,15-,16+,17+,18-/m1/s1. The number of hydrogen-bond donors (Lipinski definition) is 6. The fraction of sp³-hybridized carbons (Fsp3) is 0.474. The van der Waals surface area contributed by atoms with Crippen molar-refractivity contribution >= 4 is 11.9 Å². The van der Waals surface area contributed by atoms with Crippen molar-refractivity contribution in [2.45, 2.75) is 49.9 Å². The van der Waals surface area contributed by atoms with Crippen LogP contribution in [-0.2, 0) is 20.7 Å². The minimum absolute atomic E-state index is 0.0600. The van der Waals surface area contributed by atoms with Crippen LogP contribution in [0.15, 0.2) is 24.3 Å². The minimum atomic E-state index is -1.51. The third-order valence-electron chi connectivity index (χ3n) is 4.29. The van der Waals surface area contributed by atoms with E-state index in [9.17, 15) is 35.1 Å². The van der Waals surface area contributed by atoms with Gasteiger partial charge in [-0.15, -0.1) is 0 Å². The Hall–Kier alpha value is -2.48. The molecule has 0 aliphatic carbocycles. The number of carboxylic acids is 1. The van der Waals surface area contributed by atoms with Gasteiger partial charge in [-0.25, -0.2) is 4.79 Å². The van der Waals surface area contributed by atoms with E-state index in [-0.39, 0.29) is 6.42 Å². The lowest BCUT2D eigenvalue weighted by atomic mass is 9.95. The number of carbonyl (C=O) groups is 2. The summed E-state index contributed by atoms with van der Waals surface area (Å²) in [7, 11) is 0. The van der Waals surface area contributed by atoms with Gasteiger partial charge in [-0.3, -0.25) is 4.79 Å². The average molecular weight is 393 g/mol. The van der Waals surface area contributed by atoms with Gasteiger partial charge in [0.05, 0.1) is 6.61 Å². The van der Waals surface area contributed by atoms with Crippen LogP contribution < -0.4 is 5.32 Å². The number of aliphatic carboxylic acids is 1. The normalized spacial score (nSPS) is 28.0. The van der Waals surface area contributed by atoms with E-state index in [1.54, 1.807) is 24.3 Å². The molecule has 2 rings (SSSR count). The summed E-state index contributed by atoms with van der Waals surface area (Å²) in [6, 6.07) is 5.57. The van der Waals surface area contributed by atoms with E-state index in [1.807, 2.05) is 0 Å². The van der Waals surface area contributed by atoms with Crippen molar-refractivity contribution in [3.05, 3.63) is 35.4 Å². The van der Waals surface area contributed by atoms with Crippen LogP contribution in [0.4, 0.5) is 0 Å². The molecule has 0 aromatic heterocycles. The molecule has 0 bridgehead atoms. The molecule has 6 N–H and O–H groups in total. The Labute approximate surface area is 161 Å². The lowest BCUT2D eigenvalue weighted by molar-refractivity contribution is -0.214. The van der Waals surface area contributed by atoms with Crippen LogP contribution >= 0.6 is 0 Å². The summed E-state index contributed by atoms with van der Waals surface area (Å²) in [6.07, 6.45) is -6.52. The summed E-state index contributed by atoms with van der Waals surface area (Å²) in [5, 5.41) is 50.3. The van der Waals surface area contributed by atoms with E-state index in [0.717, 1.165) is 0 Å². The van der Waals surface area contributed by atoms with Crippen molar-refractivity contribution in [2.75, 3.05) is 6.61 Å². The molecule has 0 unspecified atom stereocenters. The summed E-state index contributed by atoms with van der Waals surface area (Å²) >= 11 is 0. The average Bonchev–Trinajstić information content (AvgIpc) is 2.65. The maximum Gasteiger partial charge on any atom is 0.326 e. The maximum absolute atomic E-state index is 11.3. The first-order valence-electron chi connectivity index (χ1n) is 8.63. The molecule has 6 atom stereocenters. The van der Waals surface area contributed by atoms with Crippen molar-refractivity contribution in [1.29, 1.82) is 0 Å². The largest absolute Gasteiger partial charge is 0.480 e. The summed E-state index contributed by atoms with van der Waals surface area (Å²) in [5.41, 5.74) is 1.13. The van der Waals surface area contributed by atoms with E-state index in [1.165, 1.54) is 6.92 Å². The summed E-state index contributed by atoms with van der Waals surface area (Å²) < 4.78 is 5.31. The molecule has 1 aromatic carbocycles. The summed E-state index contributed by atoms with van der Waals surface area (Å²) in [4.78, 5) is 22.4. The van der Waals surface area contributed by atoms with Crippen LogP contribution in [0.3, 0.4) is 0 Å². The molecule has 0 saturated carbocycles. The molecule has 1 aliphatic heterocycles. The minimum Gasteiger partial charge on any atom is -0.480 e. The van der Waals surface area contributed by atoms with Crippen LogP contribution in [0.1, 0.15) is 18.1 Å². The van der Waals surface area contributed by atoms with Gasteiger partial charge in [0.15, 0.2) is 0 Å². The molecule has 9 heteroatoms. The predicted octanol–water partition coefficient (Wildman–Crippen LogP) is -1.99. The number of aliphatic hydroxyl groups excluding tert-OH is 4. The van der Waals surface area contributed by atoms with E-state index >= 15 is 0 Å². The molecule has 1 heterocycles. The molecule has 1 amide bonds. The molecule has 1 saturated heterocycles. The van der Waals surface area contributed by atoms with Crippen LogP contribution in [-0.4, -0.2) is 80.6 Å². The zero-order chi connectivity index (χ0) is 20.8. The van der Waals surface area contributed by atoms with Crippen LogP contribution in [0.2, 0.25) is 0 Å². The molecule has 1 aliphatic rings. The van der Waals surface area contributed by atoms with Crippen molar-refractivity contribution in [3.8, 4) is 11.8 Å². The highest BCUT2D eigenvalue weighted by molar-refractivity contribution is 5.82. The highest BCUT2D eigenvalue weighted by Crippen LogP contribution is 2.20. The molecule has 9 nitrogen and oxygen atoms in total. The van der Waals surface area contributed by atoms with Crippen molar-refractivity contribution < 1.29 is 39.9 Å². The zero-order valence-electron chi connectivity index (χ0n) is 15.1. The summed E-state index contributed by atoms with van der Waals surface area (Å²) in [5.74, 6) is 3.80. The first-order chi connectivity index (χ1) is 13.2. The molecule has 0 spiro atoms. The van der Waals surface area contributed by atoms with Gasteiger partial charge in [0, 0.05) is 18.9 Å². The lowest BCUT2D eigenvalue weighted by Gasteiger charge is -2.37. The second kappa shape index (κ2) is 9.64. The Balaban J connectivity index is 2.15. The van der Waals surface area contributed by atoms with Crippen molar-refractivity contribution in [1.82, 2.24) is 5.32 Å². The number of hydrogen-bond acceptors (Lipinski definition) is 7. The Morgan fingerprint density at radius 1 is 1.21 bits per heavy atom. The molecule has 1 aromatic rings. The van der Waals surface area contributed by atoms with E-state index in [2.05, 4.69) is 17.2 Å². The third kappa shape index (κ3) is 5.51. The number of carbonyl (C=O) groups excluding carboxylic acids is 1. The van der Waals surface area contributed by atoms with Crippen LogP contribution in [0, 0.1) is 11.8 Å². The SMILES string of the molecule is CC(=O)N[C@H](Cc1cccc(C#C[C@@H]2O[C@H](CO)[C@H](O)[C@H](O)[C@H]2O)c1)C(=O)O. The fourth-order valence-corrected chi connectivity index (χ4v) is 2.83. The smallest absolute Gasteiger partial charge is 0.326 e. The van der Waals surface area contributed by atoms with Gasteiger partial charge in [0.25, 0.3) is 0 Å². The van der Waals surface area contributed by atoms with Gasteiger partial charge in [-0.05, 0) is 17.7 Å². The predicted molar refractivity (Wildman–Crippen MR) is 96.0 cm³/mol. The van der Waals surface area contributed by atoms with Gasteiger partial charge in [-0.2, -0.15) is 0 Å². The van der Waals surface area contributed by atoms with Gasteiger partial charge < -0.3 is 35.6 Å². The highest BCUT2D eigenvalue weighted by atomic mass is 16.5. The topological polar surface area (TPSA) is 157 Å². The second-order valence-electron chi connectivity index (χ2n) is 6.51. The maximum atomic E-state index is 11.3. The van der Waals surface area contributed by atoms with E-state index < -0.39 is 55.0 Å². The first-order valence-corrected chi connectivity index (χ1v) is 8.63. The Kier molecular flexibility index (Phi) is 7.51. The van der Waals surface area contributed by atoms with Crippen LogP contribution in [0.5, 0.6) is 0 Å². The highest BCUT2D eigenvalue weighted by Gasteiger charge is 2.42. The first kappa shape index (κ1) is 21.8. The Bertz CT molecular complexity index is 769.